The molecule has 3 rings (SSSR count). The predicted molar refractivity (Wildman–Crippen MR) is 96.2 cm³/mol. The van der Waals surface area contributed by atoms with Gasteiger partial charge in [-0.25, -0.2) is 9.78 Å². The average molecular weight is 358 g/mol. The lowest BCUT2D eigenvalue weighted by Crippen LogP contribution is -2.16. The quantitative estimate of drug-likeness (QED) is 0.682. The highest BCUT2D eigenvalue weighted by Gasteiger charge is 2.09. The van der Waals surface area contributed by atoms with Gasteiger partial charge in [0, 0.05) is 11.8 Å². The Bertz CT molecular complexity index is 947. The molecule has 0 aliphatic rings. The van der Waals surface area contributed by atoms with Gasteiger partial charge in [-0.15, -0.1) is 0 Å². The summed E-state index contributed by atoms with van der Waals surface area (Å²) in [5, 5.41) is 8.30. The van der Waals surface area contributed by atoms with Crippen molar-refractivity contribution < 1.29 is 9.53 Å². The fourth-order valence-electron chi connectivity index (χ4n) is 2.26. The summed E-state index contributed by atoms with van der Waals surface area (Å²) in [7, 11) is 0. The molecule has 0 unspecified atom stereocenters. The lowest BCUT2D eigenvalue weighted by atomic mass is 10.2. The SMILES string of the molecule is CCOC(=O)c1ccc(NCc2cc(=O)n3nc(CC)sc3n2)cc1. The molecule has 1 aromatic carbocycles. The van der Waals surface area contributed by atoms with Gasteiger partial charge in [0.25, 0.3) is 5.56 Å². The first-order chi connectivity index (χ1) is 12.1. The minimum absolute atomic E-state index is 0.185. The predicted octanol–water partition coefficient (Wildman–Crippen LogP) is 2.50. The van der Waals surface area contributed by atoms with Crippen molar-refractivity contribution in [2.75, 3.05) is 11.9 Å². The molecule has 25 heavy (non-hydrogen) atoms. The van der Waals surface area contributed by atoms with Crippen molar-refractivity contribution in [2.45, 2.75) is 26.8 Å². The Morgan fingerprint density at radius 2 is 2.04 bits per heavy atom. The molecule has 0 atom stereocenters. The Hall–Kier alpha value is -2.74. The molecule has 0 spiro atoms. The number of hydrogen-bond donors (Lipinski definition) is 1. The first-order valence-corrected chi connectivity index (χ1v) is 8.82. The van der Waals surface area contributed by atoms with Crippen LogP contribution in [0.5, 0.6) is 0 Å². The summed E-state index contributed by atoms with van der Waals surface area (Å²) >= 11 is 1.42. The molecule has 1 N–H and O–H groups in total. The minimum Gasteiger partial charge on any atom is -0.462 e. The number of ether oxygens (including phenoxy) is 1. The van der Waals surface area contributed by atoms with E-state index >= 15 is 0 Å². The molecular weight excluding hydrogens is 340 g/mol. The molecule has 2 heterocycles. The number of aromatic nitrogens is 3. The van der Waals surface area contributed by atoms with E-state index in [4.69, 9.17) is 4.74 Å². The van der Waals surface area contributed by atoms with E-state index in [0.717, 1.165) is 17.1 Å². The lowest BCUT2D eigenvalue weighted by molar-refractivity contribution is 0.0526. The van der Waals surface area contributed by atoms with Gasteiger partial charge in [0.1, 0.15) is 5.01 Å². The molecule has 0 aliphatic carbocycles. The number of esters is 1. The van der Waals surface area contributed by atoms with Crippen molar-refractivity contribution in [1.29, 1.82) is 0 Å². The number of rotatable bonds is 6. The van der Waals surface area contributed by atoms with Gasteiger partial charge in [-0.05, 0) is 37.6 Å². The molecule has 0 fully saturated rings. The van der Waals surface area contributed by atoms with Gasteiger partial charge in [-0.3, -0.25) is 4.79 Å². The fourth-order valence-corrected chi connectivity index (χ4v) is 3.12. The van der Waals surface area contributed by atoms with Crippen LogP contribution in [0.2, 0.25) is 0 Å². The molecule has 0 aliphatic heterocycles. The van der Waals surface area contributed by atoms with E-state index < -0.39 is 0 Å². The number of hydrogen-bond acceptors (Lipinski definition) is 7. The Balaban J connectivity index is 1.72. The second-order valence-corrected chi connectivity index (χ2v) is 6.32. The number of nitrogens with zero attached hydrogens (tertiary/aromatic N) is 3. The normalized spacial score (nSPS) is 10.8. The van der Waals surface area contributed by atoms with Gasteiger partial charge < -0.3 is 10.1 Å². The molecule has 2 aromatic heterocycles. The van der Waals surface area contributed by atoms with Crippen molar-refractivity contribution in [2.24, 2.45) is 0 Å². The van der Waals surface area contributed by atoms with Crippen LogP contribution in [0.3, 0.4) is 0 Å². The smallest absolute Gasteiger partial charge is 0.338 e. The fraction of sp³-hybridized carbons (Fsp3) is 0.294. The third-order valence-electron chi connectivity index (χ3n) is 3.51. The standard InChI is InChI=1S/C17H18N4O3S/c1-3-14-20-21-15(22)9-13(19-17(21)25-14)10-18-12-7-5-11(6-8-12)16(23)24-4-2/h5-9,18H,3-4,10H2,1-2H3. The number of carbonyl (C=O) groups is 1. The van der Waals surface area contributed by atoms with Crippen LogP contribution in [-0.4, -0.2) is 27.2 Å². The van der Waals surface area contributed by atoms with Crippen LogP contribution in [0.15, 0.2) is 35.1 Å². The summed E-state index contributed by atoms with van der Waals surface area (Å²) in [6.07, 6.45) is 0.772. The third kappa shape index (κ3) is 3.85. The zero-order valence-electron chi connectivity index (χ0n) is 14.0. The monoisotopic (exact) mass is 358 g/mol. The largest absolute Gasteiger partial charge is 0.462 e. The summed E-state index contributed by atoms with van der Waals surface area (Å²) in [4.78, 5) is 28.8. The van der Waals surface area contributed by atoms with Crippen LogP contribution in [0.1, 0.15) is 34.9 Å². The van der Waals surface area contributed by atoms with E-state index in [1.807, 2.05) is 6.92 Å². The Morgan fingerprint density at radius 1 is 1.28 bits per heavy atom. The van der Waals surface area contributed by atoms with Crippen molar-refractivity contribution in [3.8, 4) is 0 Å². The van der Waals surface area contributed by atoms with Crippen molar-refractivity contribution in [3.63, 3.8) is 0 Å². The summed E-state index contributed by atoms with van der Waals surface area (Å²) in [5.41, 5.74) is 1.79. The van der Waals surface area contributed by atoms with Crippen molar-refractivity contribution in [3.05, 3.63) is 57.0 Å². The molecule has 0 saturated carbocycles. The van der Waals surface area contributed by atoms with Gasteiger partial charge >= 0.3 is 5.97 Å². The maximum atomic E-state index is 12.1. The van der Waals surface area contributed by atoms with E-state index in [1.165, 1.54) is 21.9 Å². The van der Waals surface area contributed by atoms with Crippen LogP contribution in [0, 0.1) is 0 Å². The highest BCUT2D eigenvalue weighted by molar-refractivity contribution is 7.16. The van der Waals surface area contributed by atoms with Gasteiger partial charge in [0.2, 0.25) is 4.96 Å². The second kappa shape index (κ2) is 7.43. The molecule has 0 bridgehead atoms. The average Bonchev–Trinajstić information content (AvgIpc) is 3.04. The maximum Gasteiger partial charge on any atom is 0.338 e. The van der Waals surface area contributed by atoms with E-state index in [9.17, 15) is 9.59 Å². The third-order valence-corrected chi connectivity index (χ3v) is 4.56. The highest BCUT2D eigenvalue weighted by Crippen LogP contribution is 2.14. The molecule has 3 aromatic rings. The van der Waals surface area contributed by atoms with Crippen LogP contribution < -0.4 is 10.9 Å². The molecule has 0 amide bonds. The summed E-state index contributed by atoms with van der Waals surface area (Å²) < 4.78 is 6.29. The van der Waals surface area contributed by atoms with Crippen LogP contribution >= 0.6 is 11.3 Å². The molecule has 0 saturated heterocycles. The number of anilines is 1. The summed E-state index contributed by atoms with van der Waals surface area (Å²) in [6, 6.07) is 8.45. The first-order valence-electron chi connectivity index (χ1n) is 8.00. The number of benzene rings is 1. The highest BCUT2D eigenvalue weighted by atomic mass is 32.1. The van der Waals surface area contributed by atoms with Gasteiger partial charge in [0.15, 0.2) is 0 Å². The summed E-state index contributed by atoms with van der Waals surface area (Å²) in [5.74, 6) is -0.342. The summed E-state index contributed by atoms with van der Waals surface area (Å²) in [6.45, 7) is 4.52. The molecule has 130 valence electrons. The van der Waals surface area contributed by atoms with Gasteiger partial charge in [-0.2, -0.15) is 9.61 Å². The zero-order valence-corrected chi connectivity index (χ0v) is 14.8. The molecular formula is C17H18N4O3S. The molecule has 0 radical (unpaired) electrons. The Kier molecular flexibility index (Phi) is 5.08. The second-order valence-electron chi connectivity index (χ2n) is 5.28. The van der Waals surface area contributed by atoms with Crippen LogP contribution in [0.4, 0.5) is 5.69 Å². The topological polar surface area (TPSA) is 85.6 Å². The van der Waals surface area contributed by atoms with Gasteiger partial charge in [-0.1, -0.05) is 18.3 Å². The lowest BCUT2D eigenvalue weighted by Gasteiger charge is -2.07. The van der Waals surface area contributed by atoms with E-state index in [-0.39, 0.29) is 11.5 Å². The Labute approximate surface area is 148 Å². The van der Waals surface area contributed by atoms with Crippen molar-refractivity contribution in [1.82, 2.24) is 14.6 Å². The number of nitrogens with one attached hydrogen (secondary N) is 1. The molecule has 7 nitrogen and oxygen atoms in total. The van der Waals surface area contributed by atoms with Crippen LogP contribution in [0.25, 0.3) is 4.96 Å². The maximum absolute atomic E-state index is 12.1. The number of fused-ring (bicyclic) bond motifs is 1. The number of aryl methyl sites for hydroxylation is 1. The van der Waals surface area contributed by atoms with E-state index in [1.54, 1.807) is 31.2 Å². The van der Waals surface area contributed by atoms with Crippen molar-refractivity contribution >= 4 is 28.0 Å². The van der Waals surface area contributed by atoms with Gasteiger partial charge in [0.05, 0.1) is 24.4 Å². The molecule has 8 heteroatoms. The minimum atomic E-state index is -0.342. The number of carbonyl (C=O) groups excluding carboxylic acids is 1. The van der Waals surface area contributed by atoms with E-state index in [0.29, 0.717) is 29.4 Å². The van der Waals surface area contributed by atoms with Crippen LogP contribution in [-0.2, 0) is 17.7 Å². The van der Waals surface area contributed by atoms with E-state index in [2.05, 4.69) is 15.4 Å². The zero-order chi connectivity index (χ0) is 17.8. The Morgan fingerprint density at radius 3 is 2.72 bits per heavy atom. The first kappa shape index (κ1) is 17.1.